The number of nitriles is 1. The van der Waals surface area contributed by atoms with E-state index in [1.165, 1.54) is 16.0 Å². The van der Waals surface area contributed by atoms with E-state index in [9.17, 15) is 14.9 Å². The minimum absolute atomic E-state index is 0.0291. The molecule has 0 aliphatic heterocycles. The first-order valence-corrected chi connectivity index (χ1v) is 7.77. The molecule has 0 bridgehead atoms. The van der Waals surface area contributed by atoms with Gasteiger partial charge in [0, 0.05) is 6.42 Å². The van der Waals surface area contributed by atoms with Crippen molar-refractivity contribution in [2.24, 2.45) is 0 Å². The molecule has 0 aliphatic rings. The summed E-state index contributed by atoms with van der Waals surface area (Å²) < 4.78 is 1.44. The topological polar surface area (TPSA) is 114 Å². The van der Waals surface area contributed by atoms with E-state index in [0.717, 1.165) is 5.56 Å². The number of nitrogens with one attached hydrogen (secondary N) is 1. The van der Waals surface area contributed by atoms with Gasteiger partial charge in [0.1, 0.15) is 17.4 Å². The first kappa shape index (κ1) is 16.6. The van der Waals surface area contributed by atoms with E-state index >= 15 is 0 Å². The number of nitrogens with zero attached hydrogens (tertiary/aromatic N) is 4. The standard InChI is InChI=1S/C14H15N5O3S/c1-9-14(19(21)22)10(2)18(17-9)5-3-13(20)16-12(7-15)11-4-6-23-8-11/h4,6,8,12H,3,5H2,1-2H3,(H,16,20). The van der Waals surface area contributed by atoms with Crippen LogP contribution in [0.3, 0.4) is 0 Å². The first-order chi connectivity index (χ1) is 10.9. The maximum atomic E-state index is 12.0. The summed E-state index contributed by atoms with van der Waals surface area (Å²) in [5.74, 6) is -0.307. The SMILES string of the molecule is Cc1nn(CCC(=O)NC(C#N)c2ccsc2)c(C)c1[N+](=O)[O-]. The summed E-state index contributed by atoms with van der Waals surface area (Å²) in [6.45, 7) is 3.37. The lowest BCUT2D eigenvalue weighted by atomic mass is 10.1. The summed E-state index contributed by atoms with van der Waals surface area (Å²) in [6, 6.07) is 3.13. The third-order valence-corrected chi connectivity index (χ3v) is 4.09. The van der Waals surface area contributed by atoms with Crippen LogP contribution in [0.5, 0.6) is 0 Å². The third-order valence-electron chi connectivity index (χ3n) is 3.39. The van der Waals surface area contributed by atoms with Crippen molar-refractivity contribution in [2.75, 3.05) is 0 Å². The second-order valence-corrected chi connectivity index (χ2v) is 5.72. The summed E-state index contributed by atoms with van der Waals surface area (Å²) in [4.78, 5) is 22.5. The Bertz CT molecular complexity index is 760. The van der Waals surface area contributed by atoms with Crippen LogP contribution in [0.1, 0.15) is 29.4 Å². The van der Waals surface area contributed by atoms with E-state index in [4.69, 9.17) is 5.26 Å². The van der Waals surface area contributed by atoms with Gasteiger partial charge >= 0.3 is 5.69 Å². The molecule has 0 saturated carbocycles. The predicted octanol–water partition coefficient (Wildman–Crippen LogP) is 2.24. The molecule has 120 valence electrons. The second kappa shape index (κ2) is 7.02. The number of carbonyl (C=O) groups excluding carboxylic acids is 1. The zero-order valence-electron chi connectivity index (χ0n) is 12.6. The molecule has 1 unspecified atom stereocenters. The molecule has 0 fully saturated rings. The number of hydrogen-bond acceptors (Lipinski definition) is 6. The van der Waals surface area contributed by atoms with Gasteiger partial charge in [0.15, 0.2) is 0 Å². The van der Waals surface area contributed by atoms with Gasteiger partial charge in [-0.15, -0.1) is 0 Å². The Morgan fingerprint density at radius 1 is 1.61 bits per heavy atom. The van der Waals surface area contributed by atoms with E-state index in [0.29, 0.717) is 11.4 Å². The highest BCUT2D eigenvalue weighted by Crippen LogP contribution is 2.22. The molecule has 23 heavy (non-hydrogen) atoms. The lowest BCUT2D eigenvalue weighted by molar-refractivity contribution is -0.386. The van der Waals surface area contributed by atoms with Crippen LogP contribution < -0.4 is 5.32 Å². The van der Waals surface area contributed by atoms with Crippen LogP contribution in [0.15, 0.2) is 16.8 Å². The van der Waals surface area contributed by atoms with Gasteiger partial charge in [-0.2, -0.15) is 21.7 Å². The lowest BCUT2D eigenvalue weighted by Crippen LogP contribution is -2.28. The summed E-state index contributed by atoms with van der Waals surface area (Å²) in [6.07, 6.45) is 0.0848. The Hall–Kier alpha value is -2.73. The zero-order valence-corrected chi connectivity index (χ0v) is 13.5. The minimum atomic E-state index is -0.691. The van der Waals surface area contributed by atoms with Gasteiger partial charge < -0.3 is 5.32 Å². The largest absolute Gasteiger partial charge is 0.337 e. The van der Waals surface area contributed by atoms with Crippen LogP contribution in [-0.4, -0.2) is 20.6 Å². The number of carbonyl (C=O) groups is 1. The fourth-order valence-corrected chi connectivity index (χ4v) is 2.93. The lowest BCUT2D eigenvalue weighted by Gasteiger charge is -2.10. The number of aryl methyl sites for hydroxylation is 2. The smallest absolute Gasteiger partial charge is 0.312 e. The maximum Gasteiger partial charge on any atom is 0.312 e. The number of rotatable bonds is 6. The molecule has 2 aromatic rings. The minimum Gasteiger partial charge on any atom is -0.337 e. The maximum absolute atomic E-state index is 12.0. The van der Waals surface area contributed by atoms with Crippen LogP contribution in [0, 0.1) is 35.3 Å². The molecule has 0 aromatic carbocycles. The van der Waals surface area contributed by atoms with Gasteiger partial charge in [-0.05, 0) is 36.2 Å². The zero-order chi connectivity index (χ0) is 17.0. The molecule has 1 amide bonds. The van der Waals surface area contributed by atoms with Crippen LogP contribution in [0.25, 0.3) is 0 Å². The summed E-state index contributed by atoms with van der Waals surface area (Å²) in [7, 11) is 0. The van der Waals surface area contributed by atoms with Crippen LogP contribution >= 0.6 is 11.3 Å². The molecule has 9 heteroatoms. The average Bonchev–Trinajstić information content (AvgIpc) is 3.11. The number of thiophene rings is 1. The van der Waals surface area contributed by atoms with Crippen molar-refractivity contribution in [1.29, 1.82) is 5.26 Å². The number of nitro groups is 1. The monoisotopic (exact) mass is 333 g/mol. The molecular formula is C14H15N5O3S. The molecule has 2 aromatic heterocycles. The highest BCUT2D eigenvalue weighted by atomic mass is 32.1. The molecule has 8 nitrogen and oxygen atoms in total. The first-order valence-electron chi connectivity index (χ1n) is 6.83. The van der Waals surface area contributed by atoms with Crippen molar-refractivity contribution >= 4 is 22.9 Å². The second-order valence-electron chi connectivity index (χ2n) is 4.94. The molecule has 0 radical (unpaired) electrons. The van der Waals surface area contributed by atoms with E-state index in [1.807, 2.05) is 11.4 Å². The molecular weight excluding hydrogens is 318 g/mol. The number of hydrogen-bond donors (Lipinski definition) is 1. The quantitative estimate of drug-likeness (QED) is 0.643. The van der Waals surface area contributed by atoms with Crippen molar-refractivity contribution in [1.82, 2.24) is 15.1 Å². The van der Waals surface area contributed by atoms with Crippen molar-refractivity contribution in [3.63, 3.8) is 0 Å². The highest BCUT2D eigenvalue weighted by Gasteiger charge is 2.22. The average molecular weight is 333 g/mol. The van der Waals surface area contributed by atoms with Gasteiger partial charge in [0.05, 0.1) is 17.5 Å². The molecule has 0 spiro atoms. The highest BCUT2D eigenvalue weighted by molar-refractivity contribution is 7.08. The van der Waals surface area contributed by atoms with E-state index in [-0.39, 0.29) is 24.6 Å². The van der Waals surface area contributed by atoms with E-state index in [1.54, 1.807) is 25.3 Å². The fraction of sp³-hybridized carbons (Fsp3) is 0.357. The molecule has 0 saturated heterocycles. The van der Waals surface area contributed by atoms with E-state index < -0.39 is 11.0 Å². The Kier molecular flexibility index (Phi) is 5.08. The van der Waals surface area contributed by atoms with Crippen LogP contribution in [0.4, 0.5) is 5.69 Å². The fourth-order valence-electron chi connectivity index (χ4n) is 2.24. The van der Waals surface area contributed by atoms with Crippen LogP contribution in [-0.2, 0) is 11.3 Å². The summed E-state index contributed by atoms with van der Waals surface area (Å²) in [5.41, 5.74) is 1.45. The Morgan fingerprint density at radius 2 is 2.35 bits per heavy atom. The van der Waals surface area contributed by atoms with Gasteiger partial charge in [-0.3, -0.25) is 19.6 Å². The number of amides is 1. The normalized spacial score (nSPS) is 11.7. The van der Waals surface area contributed by atoms with Gasteiger partial charge in [0.25, 0.3) is 0 Å². The van der Waals surface area contributed by atoms with Gasteiger partial charge in [-0.1, -0.05) is 0 Å². The molecule has 0 aliphatic carbocycles. The van der Waals surface area contributed by atoms with Crippen molar-refractivity contribution < 1.29 is 9.72 Å². The van der Waals surface area contributed by atoms with Gasteiger partial charge in [-0.25, -0.2) is 0 Å². The van der Waals surface area contributed by atoms with Crippen molar-refractivity contribution in [3.05, 3.63) is 43.9 Å². The third kappa shape index (κ3) is 3.73. The molecule has 2 rings (SSSR count). The predicted molar refractivity (Wildman–Crippen MR) is 83.8 cm³/mol. The van der Waals surface area contributed by atoms with Crippen molar-refractivity contribution in [2.45, 2.75) is 32.9 Å². The summed E-state index contributed by atoms with van der Waals surface area (Å²) >= 11 is 1.45. The Morgan fingerprint density at radius 3 is 2.87 bits per heavy atom. The number of aromatic nitrogens is 2. The van der Waals surface area contributed by atoms with Gasteiger partial charge in [0.2, 0.25) is 5.91 Å². The molecule has 1 atom stereocenters. The van der Waals surface area contributed by atoms with Crippen molar-refractivity contribution in [3.8, 4) is 6.07 Å². The summed E-state index contributed by atoms with van der Waals surface area (Å²) in [5, 5.41) is 30.4. The Balaban J connectivity index is 1.99. The van der Waals surface area contributed by atoms with E-state index in [2.05, 4.69) is 10.4 Å². The molecule has 1 N–H and O–H groups in total. The Labute approximate surface area is 136 Å². The van der Waals surface area contributed by atoms with Crippen LogP contribution in [0.2, 0.25) is 0 Å². The molecule has 2 heterocycles.